The molecule has 1 aliphatic carbocycles. The Bertz CT molecular complexity index is 1170. The summed E-state index contributed by atoms with van der Waals surface area (Å²) in [5.41, 5.74) is 0.599. The average molecular weight is 507 g/mol. The van der Waals surface area contributed by atoms with E-state index in [-0.39, 0.29) is 17.8 Å². The van der Waals surface area contributed by atoms with E-state index in [1.807, 2.05) is 30.3 Å². The van der Waals surface area contributed by atoms with Crippen LogP contribution in [0, 0.1) is 17.7 Å². The number of rotatable bonds is 8. The van der Waals surface area contributed by atoms with Gasteiger partial charge in [-0.05, 0) is 42.0 Å². The third kappa shape index (κ3) is 4.97. The number of nitrogens with zero attached hydrogens (tertiary/aromatic N) is 3. The van der Waals surface area contributed by atoms with E-state index in [0.717, 1.165) is 73.8 Å². The van der Waals surface area contributed by atoms with E-state index in [1.165, 1.54) is 18.6 Å². The molecule has 4 heterocycles. The van der Waals surface area contributed by atoms with E-state index in [9.17, 15) is 9.50 Å². The highest BCUT2D eigenvalue weighted by atomic mass is 19.1. The molecule has 4 fully saturated rings. The minimum atomic E-state index is -1.24. The van der Waals surface area contributed by atoms with E-state index < -0.39 is 5.60 Å². The van der Waals surface area contributed by atoms with Crippen molar-refractivity contribution in [1.29, 1.82) is 0 Å². The van der Waals surface area contributed by atoms with E-state index in [4.69, 9.17) is 14.2 Å². The molecule has 6 nitrogen and oxygen atoms in total. The highest BCUT2D eigenvalue weighted by molar-refractivity contribution is 5.30. The largest absolute Gasteiger partial charge is 0.377 e. The summed E-state index contributed by atoms with van der Waals surface area (Å²) in [4.78, 5) is 4.85. The first kappa shape index (κ1) is 24.7. The van der Waals surface area contributed by atoms with Crippen molar-refractivity contribution in [1.82, 2.24) is 10.1 Å². The molecule has 7 heteroatoms. The molecule has 3 aromatic rings. The third-order valence-electron chi connectivity index (χ3n) is 9.11. The summed E-state index contributed by atoms with van der Waals surface area (Å²) in [5, 5.41) is 16.5. The Kier molecular flexibility index (Phi) is 6.86. The van der Waals surface area contributed by atoms with Gasteiger partial charge >= 0.3 is 0 Å². The lowest BCUT2D eigenvalue weighted by molar-refractivity contribution is -0.959. The predicted octanol–water partition coefficient (Wildman–Crippen LogP) is 5.35. The number of hydrogen-bond acceptors (Lipinski definition) is 5. The molecule has 3 aliphatic heterocycles. The van der Waals surface area contributed by atoms with Crippen LogP contribution >= 0.6 is 0 Å². The fourth-order valence-corrected chi connectivity index (χ4v) is 6.94. The maximum atomic E-state index is 13.3. The van der Waals surface area contributed by atoms with Crippen molar-refractivity contribution in [3.63, 3.8) is 0 Å². The van der Waals surface area contributed by atoms with Crippen LogP contribution in [0.4, 0.5) is 4.39 Å². The molecule has 0 amide bonds. The van der Waals surface area contributed by atoms with Gasteiger partial charge in [0.2, 0.25) is 5.82 Å². The molecule has 4 aliphatic rings. The molecule has 1 saturated carbocycles. The number of piperidine rings is 3. The van der Waals surface area contributed by atoms with Crippen molar-refractivity contribution in [2.24, 2.45) is 11.8 Å². The Labute approximate surface area is 218 Å². The average Bonchev–Trinajstić information content (AvgIpc) is 3.42. The fourth-order valence-electron chi connectivity index (χ4n) is 6.94. The maximum Gasteiger partial charge on any atom is 0.282 e. The zero-order valence-electron chi connectivity index (χ0n) is 21.4. The van der Waals surface area contributed by atoms with Crippen LogP contribution in [-0.2, 0) is 23.5 Å². The Hall–Kier alpha value is -2.61. The monoisotopic (exact) mass is 506 g/mol. The van der Waals surface area contributed by atoms with Crippen LogP contribution in [0.5, 0.6) is 0 Å². The van der Waals surface area contributed by atoms with E-state index >= 15 is 0 Å². The second kappa shape index (κ2) is 10.3. The molecule has 196 valence electrons. The minimum absolute atomic E-state index is 0.0797. The molecule has 7 rings (SSSR count). The SMILES string of the molecule is OC(c1ccccc1)(c1noc(C[N+]23CCC(CC2)C(OCc2ccc(F)cc2)C3)n1)C1CCCCC1. The third-order valence-corrected chi connectivity index (χ3v) is 9.11. The van der Waals surface area contributed by atoms with Crippen LogP contribution in [-0.4, -0.2) is 45.5 Å². The topological polar surface area (TPSA) is 68.4 Å². The van der Waals surface area contributed by atoms with E-state index in [2.05, 4.69) is 5.16 Å². The molecule has 2 bridgehead atoms. The number of halogens is 1. The van der Waals surface area contributed by atoms with Crippen LogP contribution in [0.15, 0.2) is 59.1 Å². The second-order valence-corrected chi connectivity index (χ2v) is 11.4. The smallest absolute Gasteiger partial charge is 0.282 e. The molecule has 2 aromatic carbocycles. The zero-order chi connectivity index (χ0) is 25.3. The molecular weight excluding hydrogens is 469 g/mol. The fraction of sp³-hybridized carbons (Fsp3) is 0.533. The van der Waals surface area contributed by atoms with Crippen molar-refractivity contribution < 1.29 is 23.2 Å². The molecule has 2 atom stereocenters. The van der Waals surface area contributed by atoms with Gasteiger partial charge in [0.1, 0.15) is 18.5 Å². The molecular formula is C30H37FN3O3+. The number of benzene rings is 2. The lowest BCUT2D eigenvalue weighted by Crippen LogP contribution is -2.63. The first-order valence-electron chi connectivity index (χ1n) is 13.9. The highest BCUT2D eigenvalue weighted by Gasteiger charge is 2.49. The lowest BCUT2D eigenvalue weighted by Gasteiger charge is -2.51. The van der Waals surface area contributed by atoms with Gasteiger partial charge in [0.05, 0.1) is 19.7 Å². The van der Waals surface area contributed by atoms with E-state index in [0.29, 0.717) is 30.8 Å². The first-order chi connectivity index (χ1) is 18.0. The summed E-state index contributed by atoms with van der Waals surface area (Å²) in [5.74, 6) is 1.41. The van der Waals surface area contributed by atoms with Gasteiger partial charge in [-0.2, -0.15) is 4.98 Å². The molecule has 3 saturated heterocycles. The summed E-state index contributed by atoms with van der Waals surface area (Å²) in [6.07, 6.45) is 7.77. The van der Waals surface area contributed by atoms with E-state index in [1.54, 1.807) is 12.1 Å². The van der Waals surface area contributed by atoms with Crippen LogP contribution in [0.3, 0.4) is 0 Å². The van der Waals surface area contributed by atoms with Crippen molar-refractivity contribution in [3.05, 3.63) is 83.3 Å². The number of hydrogen-bond donors (Lipinski definition) is 1. The van der Waals surface area contributed by atoms with Gasteiger partial charge in [-0.3, -0.25) is 0 Å². The number of fused-ring (bicyclic) bond motifs is 3. The van der Waals surface area contributed by atoms with Crippen molar-refractivity contribution in [2.75, 3.05) is 19.6 Å². The highest BCUT2D eigenvalue weighted by Crippen LogP contribution is 2.43. The predicted molar refractivity (Wildman–Crippen MR) is 137 cm³/mol. The van der Waals surface area contributed by atoms with Gasteiger partial charge in [0, 0.05) is 18.8 Å². The van der Waals surface area contributed by atoms with Gasteiger partial charge < -0.3 is 18.8 Å². The molecule has 1 N–H and O–H groups in total. The van der Waals surface area contributed by atoms with Gasteiger partial charge in [-0.15, -0.1) is 0 Å². The number of aromatic nitrogens is 2. The van der Waals surface area contributed by atoms with Gasteiger partial charge in [0.25, 0.3) is 5.89 Å². The summed E-state index contributed by atoms with van der Waals surface area (Å²) in [6.45, 7) is 4.22. The second-order valence-electron chi connectivity index (χ2n) is 11.4. The normalized spacial score (nSPS) is 27.7. The molecule has 2 unspecified atom stereocenters. The molecule has 0 spiro atoms. The summed E-state index contributed by atoms with van der Waals surface area (Å²) in [7, 11) is 0. The minimum Gasteiger partial charge on any atom is -0.377 e. The van der Waals surface area contributed by atoms with Crippen molar-refractivity contribution in [2.45, 2.75) is 69.8 Å². The first-order valence-corrected chi connectivity index (χ1v) is 13.9. The Morgan fingerprint density at radius 3 is 2.43 bits per heavy atom. The summed E-state index contributed by atoms with van der Waals surface area (Å²) >= 11 is 0. The van der Waals surface area contributed by atoms with Crippen LogP contribution in [0.25, 0.3) is 0 Å². The summed E-state index contributed by atoms with van der Waals surface area (Å²) < 4.78 is 26.3. The van der Waals surface area contributed by atoms with Gasteiger partial charge in [-0.25, -0.2) is 4.39 Å². The quantitative estimate of drug-likeness (QED) is 0.417. The number of quaternary nitrogens is 1. The van der Waals surface area contributed by atoms with Crippen LogP contribution in [0.1, 0.15) is 67.8 Å². The van der Waals surface area contributed by atoms with Gasteiger partial charge in [-0.1, -0.05) is 66.9 Å². The van der Waals surface area contributed by atoms with Crippen LogP contribution < -0.4 is 0 Å². The Morgan fingerprint density at radius 1 is 0.973 bits per heavy atom. The van der Waals surface area contributed by atoms with Crippen molar-refractivity contribution in [3.8, 4) is 0 Å². The van der Waals surface area contributed by atoms with Crippen LogP contribution in [0.2, 0.25) is 0 Å². The van der Waals surface area contributed by atoms with Gasteiger partial charge in [0.15, 0.2) is 12.1 Å². The number of aliphatic hydroxyl groups is 1. The molecule has 0 radical (unpaired) electrons. The van der Waals surface area contributed by atoms with Crippen molar-refractivity contribution >= 4 is 0 Å². The lowest BCUT2D eigenvalue weighted by atomic mass is 9.73. The molecule has 1 aromatic heterocycles. The Balaban J connectivity index is 1.19. The Morgan fingerprint density at radius 2 is 1.70 bits per heavy atom. The summed E-state index contributed by atoms with van der Waals surface area (Å²) in [6, 6.07) is 16.4. The number of ether oxygens (including phenoxy) is 1. The maximum absolute atomic E-state index is 13.3. The zero-order valence-corrected chi connectivity index (χ0v) is 21.4. The molecule has 37 heavy (non-hydrogen) atoms. The standard InChI is InChI=1S/C30H37FN3O3/c31-26-13-11-22(12-14-26)21-36-27-19-34(17-15-23(27)16-18-34)20-28-32-29(33-37-28)30(35,24-7-3-1-4-8-24)25-9-5-2-6-10-25/h1,3-4,7-8,11-14,23,25,27,35H,2,5-6,9-10,15-21H2/q+1.